The van der Waals surface area contributed by atoms with Gasteiger partial charge in [0.2, 0.25) is 0 Å². The Morgan fingerprint density at radius 2 is 2.07 bits per heavy atom. The number of anilines is 1. The lowest BCUT2D eigenvalue weighted by Gasteiger charge is -1.99. The SMILES string of the molecule is CC.COC(=O)c1cc(Br)cc(N)n1. The highest BCUT2D eigenvalue weighted by Gasteiger charge is 2.07. The van der Waals surface area contributed by atoms with E-state index in [1.165, 1.54) is 7.11 Å². The number of aromatic nitrogens is 1. The number of carbonyl (C=O) groups excluding carboxylic acids is 1. The molecule has 1 aromatic heterocycles. The third kappa shape index (κ3) is 3.74. The fourth-order valence-corrected chi connectivity index (χ4v) is 1.18. The molecule has 0 unspecified atom stereocenters. The summed E-state index contributed by atoms with van der Waals surface area (Å²) in [4.78, 5) is 14.7. The molecule has 0 atom stereocenters. The van der Waals surface area contributed by atoms with Gasteiger partial charge in [-0.3, -0.25) is 0 Å². The van der Waals surface area contributed by atoms with Gasteiger partial charge in [-0.05, 0) is 12.1 Å². The Morgan fingerprint density at radius 3 is 2.50 bits per heavy atom. The van der Waals surface area contributed by atoms with Crippen LogP contribution in [0.1, 0.15) is 24.3 Å². The number of nitrogens with two attached hydrogens (primary N) is 1. The van der Waals surface area contributed by atoms with Crippen LogP contribution in [0.25, 0.3) is 0 Å². The van der Waals surface area contributed by atoms with Gasteiger partial charge in [-0.1, -0.05) is 29.8 Å². The molecule has 1 aromatic rings. The van der Waals surface area contributed by atoms with Gasteiger partial charge in [0.05, 0.1) is 7.11 Å². The van der Waals surface area contributed by atoms with Gasteiger partial charge >= 0.3 is 5.97 Å². The molecule has 0 bridgehead atoms. The van der Waals surface area contributed by atoms with Crippen LogP contribution in [-0.4, -0.2) is 18.1 Å². The van der Waals surface area contributed by atoms with Crippen molar-refractivity contribution in [1.82, 2.24) is 4.98 Å². The number of methoxy groups -OCH3 is 1. The average molecular weight is 261 g/mol. The van der Waals surface area contributed by atoms with Gasteiger partial charge in [0.1, 0.15) is 5.82 Å². The van der Waals surface area contributed by atoms with Gasteiger partial charge in [-0.2, -0.15) is 0 Å². The third-order valence-electron chi connectivity index (χ3n) is 1.20. The first kappa shape index (κ1) is 12.9. The number of hydrogen-bond donors (Lipinski definition) is 1. The Hall–Kier alpha value is -1.10. The highest BCUT2D eigenvalue weighted by atomic mass is 79.9. The molecule has 0 aromatic carbocycles. The van der Waals surface area contributed by atoms with Crippen molar-refractivity contribution in [3.05, 3.63) is 22.3 Å². The van der Waals surface area contributed by atoms with Gasteiger partial charge in [0.15, 0.2) is 5.69 Å². The van der Waals surface area contributed by atoms with E-state index in [2.05, 4.69) is 25.7 Å². The smallest absolute Gasteiger partial charge is 0.356 e. The zero-order chi connectivity index (χ0) is 11.1. The Labute approximate surface area is 91.6 Å². The lowest BCUT2D eigenvalue weighted by molar-refractivity contribution is 0.0594. The first-order valence-corrected chi connectivity index (χ1v) is 4.94. The van der Waals surface area contributed by atoms with E-state index in [1.54, 1.807) is 12.1 Å². The predicted molar refractivity (Wildman–Crippen MR) is 59.0 cm³/mol. The maximum atomic E-state index is 11.0. The lowest BCUT2D eigenvalue weighted by atomic mass is 10.3. The number of rotatable bonds is 1. The van der Waals surface area contributed by atoms with Crippen molar-refractivity contribution in [3.8, 4) is 0 Å². The van der Waals surface area contributed by atoms with Crippen molar-refractivity contribution in [3.63, 3.8) is 0 Å². The van der Waals surface area contributed by atoms with Gasteiger partial charge in [0, 0.05) is 4.47 Å². The molecular weight excluding hydrogens is 248 g/mol. The minimum Gasteiger partial charge on any atom is -0.464 e. The molecule has 0 radical (unpaired) electrons. The number of hydrogen-bond acceptors (Lipinski definition) is 4. The van der Waals surface area contributed by atoms with Crippen molar-refractivity contribution in [2.45, 2.75) is 13.8 Å². The van der Waals surface area contributed by atoms with E-state index < -0.39 is 5.97 Å². The summed E-state index contributed by atoms with van der Waals surface area (Å²) in [7, 11) is 1.29. The Kier molecular flexibility index (Phi) is 5.87. The van der Waals surface area contributed by atoms with Crippen LogP contribution in [0, 0.1) is 0 Å². The molecule has 5 heteroatoms. The molecule has 0 saturated heterocycles. The molecule has 1 rings (SSSR count). The number of pyridine rings is 1. The van der Waals surface area contributed by atoms with Crippen molar-refractivity contribution in [1.29, 1.82) is 0 Å². The molecule has 0 fully saturated rings. The van der Waals surface area contributed by atoms with Gasteiger partial charge in [0.25, 0.3) is 0 Å². The summed E-state index contributed by atoms with van der Waals surface area (Å²) in [5.74, 6) is -0.215. The zero-order valence-corrected chi connectivity index (χ0v) is 9.96. The Balaban J connectivity index is 0.000000791. The summed E-state index contributed by atoms with van der Waals surface area (Å²) >= 11 is 3.18. The highest BCUT2D eigenvalue weighted by Crippen LogP contribution is 2.14. The molecule has 1 heterocycles. The monoisotopic (exact) mass is 260 g/mol. The normalized spacial score (nSPS) is 8.57. The molecule has 0 aliphatic rings. The maximum absolute atomic E-state index is 11.0. The number of esters is 1. The number of ether oxygens (including phenoxy) is 1. The van der Waals surface area contributed by atoms with Crippen LogP contribution in [0.5, 0.6) is 0 Å². The first-order valence-electron chi connectivity index (χ1n) is 4.15. The third-order valence-corrected chi connectivity index (χ3v) is 1.66. The van der Waals surface area contributed by atoms with Crippen molar-refractivity contribution in [2.75, 3.05) is 12.8 Å². The molecular formula is C9H13BrN2O2. The molecule has 78 valence electrons. The summed E-state index contributed by atoms with van der Waals surface area (Å²) in [5.41, 5.74) is 5.60. The summed E-state index contributed by atoms with van der Waals surface area (Å²) in [5, 5.41) is 0. The lowest BCUT2D eigenvalue weighted by Crippen LogP contribution is -2.05. The molecule has 2 N–H and O–H groups in total. The van der Waals surface area contributed by atoms with Crippen LogP contribution in [0.2, 0.25) is 0 Å². The molecule has 0 spiro atoms. The maximum Gasteiger partial charge on any atom is 0.356 e. The highest BCUT2D eigenvalue weighted by molar-refractivity contribution is 9.10. The minimum atomic E-state index is -0.497. The van der Waals surface area contributed by atoms with Crippen LogP contribution < -0.4 is 5.73 Å². The minimum absolute atomic E-state index is 0.198. The fourth-order valence-electron chi connectivity index (χ4n) is 0.726. The van der Waals surface area contributed by atoms with E-state index in [9.17, 15) is 4.79 Å². The molecule has 14 heavy (non-hydrogen) atoms. The number of nitrogen functional groups attached to an aromatic ring is 1. The number of halogens is 1. The second-order valence-corrected chi connectivity index (χ2v) is 3.00. The van der Waals surface area contributed by atoms with Crippen LogP contribution in [-0.2, 0) is 4.74 Å². The Bertz CT molecular complexity index is 295. The van der Waals surface area contributed by atoms with Crippen molar-refractivity contribution < 1.29 is 9.53 Å². The fraction of sp³-hybridized carbons (Fsp3) is 0.333. The van der Waals surface area contributed by atoms with E-state index in [4.69, 9.17) is 5.73 Å². The van der Waals surface area contributed by atoms with Crippen LogP contribution in [0.4, 0.5) is 5.82 Å². The average Bonchev–Trinajstić information content (AvgIpc) is 2.18. The van der Waals surface area contributed by atoms with Crippen LogP contribution >= 0.6 is 15.9 Å². The zero-order valence-electron chi connectivity index (χ0n) is 8.37. The van der Waals surface area contributed by atoms with E-state index in [1.807, 2.05) is 13.8 Å². The van der Waals surface area contributed by atoms with E-state index >= 15 is 0 Å². The largest absolute Gasteiger partial charge is 0.464 e. The standard InChI is InChI=1S/C7H7BrN2O2.C2H6/c1-12-7(11)5-2-4(8)3-6(9)10-5;1-2/h2-3H,1H3,(H2,9,10);1-2H3. The summed E-state index contributed by atoms with van der Waals surface area (Å²) in [6, 6.07) is 3.15. The summed E-state index contributed by atoms with van der Waals surface area (Å²) in [6.45, 7) is 4.00. The molecule has 0 saturated carbocycles. The van der Waals surface area contributed by atoms with Crippen LogP contribution in [0.3, 0.4) is 0 Å². The van der Waals surface area contributed by atoms with Gasteiger partial charge in [-0.25, -0.2) is 9.78 Å². The molecule has 0 aliphatic carbocycles. The van der Waals surface area contributed by atoms with Crippen molar-refractivity contribution in [2.24, 2.45) is 0 Å². The second-order valence-electron chi connectivity index (χ2n) is 2.09. The number of nitrogens with zero attached hydrogens (tertiary/aromatic N) is 1. The molecule has 0 aliphatic heterocycles. The summed E-state index contributed by atoms with van der Waals surface area (Å²) < 4.78 is 5.17. The van der Waals surface area contributed by atoms with Gasteiger partial charge in [-0.15, -0.1) is 0 Å². The molecule has 0 amide bonds. The summed E-state index contributed by atoms with van der Waals surface area (Å²) in [6.07, 6.45) is 0. The predicted octanol–water partition coefficient (Wildman–Crippen LogP) is 2.24. The number of carbonyl (C=O) groups is 1. The topological polar surface area (TPSA) is 65.2 Å². The Morgan fingerprint density at radius 1 is 1.50 bits per heavy atom. The van der Waals surface area contributed by atoms with E-state index in [-0.39, 0.29) is 11.5 Å². The van der Waals surface area contributed by atoms with Crippen LogP contribution in [0.15, 0.2) is 16.6 Å². The quantitative estimate of drug-likeness (QED) is 0.787. The van der Waals surface area contributed by atoms with E-state index in [0.29, 0.717) is 4.47 Å². The van der Waals surface area contributed by atoms with Gasteiger partial charge < -0.3 is 10.5 Å². The molecule has 4 nitrogen and oxygen atoms in total. The first-order chi connectivity index (χ1) is 6.63. The van der Waals surface area contributed by atoms with E-state index in [0.717, 1.165) is 0 Å². The second kappa shape index (κ2) is 6.37. The van der Waals surface area contributed by atoms with Crippen molar-refractivity contribution >= 4 is 27.7 Å².